The van der Waals surface area contributed by atoms with Crippen molar-refractivity contribution in [2.75, 3.05) is 75.6 Å². The fraction of sp³-hybridized carbons (Fsp3) is 0.514. The third kappa shape index (κ3) is 10.6. The predicted molar refractivity (Wildman–Crippen MR) is 204 cm³/mol. The molecule has 0 unspecified atom stereocenters. The molecule has 0 fully saturated rings. The zero-order valence-corrected chi connectivity index (χ0v) is 32.4. The van der Waals surface area contributed by atoms with E-state index in [1.807, 2.05) is 0 Å². The van der Waals surface area contributed by atoms with Crippen LogP contribution in [0.25, 0.3) is 0 Å². The van der Waals surface area contributed by atoms with Gasteiger partial charge in [-0.3, -0.25) is 28.8 Å². The number of anilines is 2. The molecule has 11 N–H and O–H groups in total. The Morgan fingerprint density at radius 3 is 1.05 bits per heavy atom. The summed E-state index contributed by atoms with van der Waals surface area (Å²) in [4.78, 5) is 81.4. The van der Waals surface area contributed by atoms with E-state index in [0.29, 0.717) is 12.8 Å². The summed E-state index contributed by atoms with van der Waals surface area (Å²) in [5.74, 6) is -2.93. The lowest BCUT2D eigenvalue weighted by Gasteiger charge is -2.31. The third-order valence-electron chi connectivity index (χ3n) is 9.32. The Hall–Kier alpha value is -5.02. The minimum absolute atomic E-state index is 0.0158. The number of nitrogens with zero attached hydrogens (tertiary/aromatic N) is 2. The van der Waals surface area contributed by atoms with Crippen molar-refractivity contribution in [3.05, 3.63) is 55.6 Å². The van der Waals surface area contributed by atoms with Crippen LogP contribution in [-0.2, 0) is 9.59 Å². The fourth-order valence-electron chi connectivity index (χ4n) is 6.85. The van der Waals surface area contributed by atoms with E-state index in [-0.39, 0.29) is 80.1 Å². The number of nitrogens with one attached hydrogen (secondary N) is 4. The second-order valence-corrected chi connectivity index (χ2v) is 13.1. The van der Waals surface area contributed by atoms with Crippen LogP contribution in [-0.4, -0.2) is 156 Å². The van der Waals surface area contributed by atoms with Crippen LogP contribution in [0.4, 0.5) is 11.4 Å². The molecular formula is C37H54N6O13. The summed E-state index contributed by atoms with van der Waals surface area (Å²) in [6.45, 7) is 4.55. The predicted octanol–water partition coefficient (Wildman–Crippen LogP) is -2.87. The van der Waals surface area contributed by atoms with E-state index in [1.54, 1.807) is 0 Å². The van der Waals surface area contributed by atoms with Crippen LogP contribution in [0.1, 0.15) is 74.8 Å². The van der Waals surface area contributed by atoms with E-state index in [1.165, 1.54) is 41.5 Å². The van der Waals surface area contributed by atoms with Crippen LogP contribution in [0.3, 0.4) is 0 Å². The van der Waals surface area contributed by atoms with Gasteiger partial charge in [-0.2, -0.15) is 0 Å². The third-order valence-corrected chi connectivity index (χ3v) is 9.32. The summed E-state index contributed by atoms with van der Waals surface area (Å²) in [5.41, 5.74) is 1.18. The van der Waals surface area contributed by atoms with E-state index in [0.717, 1.165) is 9.80 Å². The number of carbonyl (C=O) groups is 6. The first-order valence-corrected chi connectivity index (χ1v) is 17.8. The number of aliphatic hydroxyl groups is 7. The van der Waals surface area contributed by atoms with Crippen LogP contribution < -0.4 is 31.1 Å². The standard InChI is InChI=1S/C37H54N6O13/c1-19-28(34(53)38-7-9-44)21(3)32(23(5)30(19)36(55)40-25(13-46)14-47)42(17-50)11-27(52)12-43(18-51)33-22(4)29(35(54)39-8-10-45)20(2)31(24(33)6)37(56)41-26(15-48)16-49/h17-18,25-27,44-49,52H,7-16H2,1-6H3,(H,38,53)(H,39,54)(H,40,55)(H,41,56). The molecule has 2 aromatic carbocycles. The van der Waals surface area contributed by atoms with Gasteiger partial charge in [0.1, 0.15) is 0 Å². The molecule has 310 valence electrons. The zero-order valence-electron chi connectivity index (χ0n) is 32.4. The first-order valence-electron chi connectivity index (χ1n) is 17.8. The van der Waals surface area contributed by atoms with E-state index < -0.39 is 94.5 Å². The Morgan fingerprint density at radius 2 is 0.804 bits per heavy atom. The summed E-state index contributed by atoms with van der Waals surface area (Å²) in [7, 11) is 0. The summed E-state index contributed by atoms with van der Waals surface area (Å²) in [6.07, 6.45) is -0.832. The highest BCUT2D eigenvalue weighted by atomic mass is 16.3. The topological polar surface area (TPSA) is 299 Å². The highest BCUT2D eigenvalue weighted by molar-refractivity contribution is 6.08. The van der Waals surface area contributed by atoms with E-state index in [4.69, 9.17) is 0 Å². The largest absolute Gasteiger partial charge is 0.395 e. The summed E-state index contributed by atoms with van der Waals surface area (Å²) >= 11 is 0. The van der Waals surface area contributed by atoms with Gasteiger partial charge in [-0.1, -0.05) is 0 Å². The molecule has 0 saturated heterocycles. The molecule has 19 heteroatoms. The molecule has 2 rings (SSSR count). The van der Waals surface area contributed by atoms with Crippen molar-refractivity contribution < 1.29 is 64.5 Å². The van der Waals surface area contributed by atoms with Gasteiger partial charge in [-0.05, 0) is 74.9 Å². The van der Waals surface area contributed by atoms with Gasteiger partial charge in [0.25, 0.3) is 23.6 Å². The summed E-state index contributed by atoms with van der Waals surface area (Å²) in [5, 5.41) is 78.4. The van der Waals surface area contributed by atoms with E-state index in [2.05, 4.69) is 21.3 Å². The lowest BCUT2D eigenvalue weighted by molar-refractivity contribution is -0.108. The lowest BCUT2D eigenvalue weighted by atomic mass is 9.89. The molecule has 0 bridgehead atoms. The van der Waals surface area contributed by atoms with Gasteiger partial charge >= 0.3 is 0 Å². The average molecular weight is 791 g/mol. The minimum Gasteiger partial charge on any atom is -0.395 e. The lowest BCUT2D eigenvalue weighted by Crippen LogP contribution is -2.43. The molecule has 19 nitrogen and oxygen atoms in total. The van der Waals surface area contributed by atoms with Crippen LogP contribution in [0.2, 0.25) is 0 Å². The van der Waals surface area contributed by atoms with Crippen molar-refractivity contribution in [2.45, 2.75) is 59.7 Å². The molecule has 0 aliphatic rings. The van der Waals surface area contributed by atoms with Crippen LogP contribution in [0.5, 0.6) is 0 Å². The number of benzene rings is 2. The molecule has 0 heterocycles. The second kappa shape index (κ2) is 21.9. The Balaban J connectivity index is 2.75. The molecule has 0 radical (unpaired) electrons. The number of aliphatic hydroxyl groups excluding tert-OH is 7. The van der Waals surface area contributed by atoms with Gasteiger partial charge in [0, 0.05) is 35.3 Å². The van der Waals surface area contributed by atoms with Gasteiger partial charge in [-0.15, -0.1) is 0 Å². The van der Waals surface area contributed by atoms with Crippen LogP contribution >= 0.6 is 0 Å². The SMILES string of the molecule is Cc1c(C(=O)NCCO)c(C)c(N(C=O)CC(O)CN(C=O)c2c(C)c(C(=O)NCCO)c(C)c(C(=O)NC(CO)CO)c2C)c(C)c1C(=O)NC(CO)CO. The van der Waals surface area contributed by atoms with Crippen molar-refractivity contribution >= 4 is 47.8 Å². The second-order valence-electron chi connectivity index (χ2n) is 13.1. The van der Waals surface area contributed by atoms with Gasteiger partial charge in [0.05, 0.1) is 82.3 Å². The highest BCUT2D eigenvalue weighted by Crippen LogP contribution is 2.36. The molecule has 0 aromatic heterocycles. The normalized spacial score (nSPS) is 11.1. The van der Waals surface area contributed by atoms with Crippen molar-refractivity contribution in [1.29, 1.82) is 0 Å². The van der Waals surface area contributed by atoms with Crippen molar-refractivity contribution in [3.8, 4) is 0 Å². The van der Waals surface area contributed by atoms with Gasteiger partial charge in [0.2, 0.25) is 12.8 Å². The maximum atomic E-state index is 13.5. The molecule has 0 spiro atoms. The number of rotatable bonds is 22. The molecule has 0 aliphatic carbocycles. The van der Waals surface area contributed by atoms with Crippen LogP contribution in [0.15, 0.2) is 0 Å². The Kier molecular flexibility index (Phi) is 18.4. The molecular weight excluding hydrogens is 736 g/mol. The molecule has 0 aliphatic heterocycles. The first-order chi connectivity index (χ1) is 26.5. The van der Waals surface area contributed by atoms with Gasteiger partial charge in [0.15, 0.2) is 0 Å². The van der Waals surface area contributed by atoms with Gasteiger partial charge in [-0.25, -0.2) is 0 Å². The Bertz CT molecular complexity index is 1640. The summed E-state index contributed by atoms with van der Waals surface area (Å²) < 4.78 is 0. The average Bonchev–Trinajstić information content (AvgIpc) is 3.16. The van der Waals surface area contributed by atoms with Crippen LogP contribution in [0, 0.1) is 41.5 Å². The van der Waals surface area contributed by atoms with E-state index >= 15 is 0 Å². The maximum Gasteiger partial charge on any atom is 0.252 e. The van der Waals surface area contributed by atoms with Gasteiger partial charge < -0.3 is 66.8 Å². The molecule has 0 atom stereocenters. The summed E-state index contributed by atoms with van der Waals surface area (Å²) in [6, 6.07) is -2.10. The number of hydrogen-bond donors (Lipinski definition) is 11. The molecule has 6 amide bonds. The molecule has 56 heavy (non-hydrogen) atoms. The van der Waals surface area contributed by atoms with Crippen molar-refractivity contribution in [3.63, 3.8) is 0 Å². The van der Waals surface area contributed by atoms with Crippen molar-refractivity contribution in [1.82, 2.24) is 21.3 Å². The minimum atomic E-state index is -1.54. The molecule has 0 saturated carbocycles. The number of hydrogen-bond acceptors (Lipinski definition) is 13. The van der Waals surface area contributed by atoms with Crippen molar-refractivity contribution in [2.24, 2.45) is 0 Å². The quantitative estimate of drug-likeness (QED) is 0.0536. The smallest absolute Gasteiger partial charge is 0.252 e. The first kappa shape index (κ1) is 47.1. The highest BCUT2D eigenvalue weighted by Gasteiger charge is 2.32. The Labute approximate surface area is 324 Å². The molecule has 2 aromatic rings. The number of carbonyl (C=O) groups excluding carboxylic acids is 6. The monoisotopic (exact) mass is 790 g/mol. The van der Waals surface area contributed by atoms with E-state index in [9.17, 15) is 64.5 Å². The Morgan fingerprint density at radius 1 is 0.518 bits per heavy atom. The zero-order chi connectivity index (χ0) is 42.4. The number of amides is 6. The maximum absolute atomic E-state index is 13.5. The fourth-order valence-corrected chi connectivity index (χ4v) is 6.85.